The van der Waals surface area contributed by atoms with Crippen molar-refractivity contribution in [3.63, 3.8) is 0 Å². The molecule has 0 heterocycles. The molecular formula is C14H23N. The SMILES string of the molecule is CCc1cccc(C)c1NCC(C)(C)C. The van der Waals surface area contributed by atoms with Crippen molar-refractivity contribution in [3.05, 3.63) is 29.3 Å². The van der Waals surface area contributed by atoms with E-state index in [1.807, 2.05) is 0 Å². The van der Waals surface area contributed by atoms with Crippen molar-refractivity contribution in [3.8, 4) is 0 Å². The highest BCUT2D eigenvalue weighted by Crippen LogP contribution is 2.23. The molecule has 84 valence electrons. The molecule has 0 unspecified atom stereocenters. The van der Waals surface area contributed by atoms with E-state index in [-0.39, 0.29) is 0 Å². The van der Waals surface area contributed by atoms with E-state index in [9.17, 15) is 0 Å². The lowest BCUT2D eigenvalue weighted by molar-refractivity contribution is 0.443. The van der Waals surface area contributed by atoms with Crippen LogP contribution in [-0.4, -0.2) is 6.54 Å². The number of para-hydroxylation sites is 1. The Kier molecular flexibility index (Phi) is 3.78. The summed E-state index contributed by atoms with van der Waals surface area (Å²) in [5.74, 6) is 0. The van der Waals surface area contributed by atoms with Crippen LogP contribution in [0, 0.1) is 12.3 Å². The summed E-state index contributed by atoms with van der Waals surface area (Å²) in [6, 6.07) is 6.51. The van der Waals surface area contributed by atoms with Crippen molar-refractivity contribution in [2.45, 2.75) is 41.0 Å². The smallest absolute Gasteiger partial charge is 0.0402 e. The zero-order chi connectivity index (χ0) is 11.5. The maximum absolute atomic E-state index is 3.57. The zero-order valence-corrected chi connectivity index (χ0v) is 10.6. The van der Waals surface area contributed by atoms with Crippen LogP contribution in [0.2, 0.25) is 0 Å². The van der Waals surface area contributed by atoms with Gasteiger partial charge in [-0.05, 0) is 29.9 Å². The summed E-state index contributed by atoms with van der Waals surface area (Å²) in [4.78, 5) is 0. The Hall–Kier alpha value is -0.980. The first-order chi connectivity index (χ1) is 6.94. The molecule has 0 aromatic heterocycles. The molecule has 1 heteroatoms. The maximum atomic E-state index is 3.57. The quantitative estimate of drug-likeness (QED) is 0.786. The van der Waals surface area contributed by atoms with E-state index < -0.39 is 0 Å². The number of benzene rings is 1. The number of aryl methyl sites for hydroxylation is 2. The van der Waals surface area contributed by atoms with E-state index >= 15 is 0 Å². The summed E-state index contributed by atoms with van der Waals surface area (Å²) in [5.41, 5.74) is 4.42. The Morgan fingerprint density at radius 3 is 2.40 bits per heavy atom. The van der Waals surface area contributed by atoms with E-state index in [0.717, 1.165) is 13.0 Å². The van der Waals surface area contributed by atoms with Crippen molar-refractivity contribution in [1.29, 1.82) is 0 Å². The molecule has 0 amide bonds. The van der Waals surface area contributed by atoms with E-state index in [2.05, 4.69) is 58.1 Å². The summed E-state index contributed by atoms with van der Waals surface area (Å²) in [5, 5.41) is 3.57. The van der Waals surface area contributed by atoms with E-state index in [0.29, 0.717) is 5.41 Å². The van der Waals surface area contributed by atoms with Gasteiger partial charge in [-0.15, -0.1) is 0 Å². The number of hydrogen-bond donors (Lipinski definition) is 1. The Morgan fingerprint density at radius 1 is 1.20 bits per heavy atom. The molecule has 0 spiro atoms. The highest BCUT2D eigenvalue weighted by molar-refractivity contribution is 5.57. The van der Waals surface area contributed by atoms with Crippen LogP contribution in [0.1, 0.15) is 38.8 Å². The summed E-state index contributed by atoms with van der Waals surface area (Å²) in [6.45, 7) is 12.2. The Morgan fingerprint density at radius 2 is 1.87 bits per heavy atom. The molecular weight excluding hydrogens is 182 g/mol. The van der Waals surface area contributed by atoms with Gasteiger partial charge in [-0.1, -0.05) is 45.9 Å². The number of hydrogen-bond acceptors (Lipinski definition) is 1. The summed E-state index contributed by atoms with van der Waals surface area (Å²) in [6.07, 6.45) is 1.09. The van der Waals surface area contributed by atoms with Gasteiger partial charge in [0.15, 0.2) is 0 Å². The van der Waals surface area contributed by atoms with Gasteiger partial charge in [0.1, 0.15) is 0 Å². The third-order valence-corrected chi connectivity index (χ3v) is 2.54. The third kappa shape index (κ3) is 3.58. The van der Waals surface area contributed by atoms with Crippen LogP contribution in [-0.2, 0) is 6.42 Å². The fraction of sp³-hybridized carbons (Fsp3) is 0.571. The van der Waals surface area contributed by atoms with Crippen LogP contribution < -0.4 is 5.32 Å². The number of anilines is 1. The largest absolute Gasteiger partial charge is 0.384 e. The van der Waals surface area contributed by atoms with Gasteiger partial charge in [-0.2, -0.15) is 0 Å². The van der Waals surface area contributed by atoms with Crippen molar-refractivity contribution >= 4 is 5.69 Å². The molecule has 1 N–H and O–H groups in total. The molecule has 1 nitrogen and oxygen atoms in total. The first-order valence-corrected chi connectivity index (χ1v) is 5.76. The molecule has 0 fully saturated rings. The second kappa shape index (κ2) is 4.69. The van der Waals surface area contributed by atoms with Gasteiger partial charge in [-0.25, -0.2) is 0 Å². The van der Waals surface area contributed by atoms with Crippen LogP contribution in [0.15, 0.2) is 18.2 Å². The molecule has 1 aromatic carbocycles. The van der Waals surface area contributed by atoms with Gasteiger partial charge < -0.3 is 5.32 Å². The monoisotopic (exact) mass is 205 g/mol. The molecule has 1 aromatic rings. The zero-order valence-electron chi connectivity index (χ0n) is 10.6. The van der Waals surface area contributed by atoms with Gasteiger partial charge in [0.2, 0.25) is 0 Å². The first kappa shape index (κ1) is 12.1. The predicted molar refractivity (Wildman–Crippen MR) is 68.5 cm³/mol. The van der Waals surface area contributed by atoms with Gasteiger partial charge in [0.25, 0.3) is 0 Å². The van der Waals surface area contributed by atoms with Gasteiger partial charge in [0, 0.05) is 12.2 Å². The van der Waals surface area contributed by atoms with Gasteiger partial charge in [-0.3, -0.25) is 0 Å². The second-order valence-electron chi connectivity index (χ2n) is 5.38. The molecule has 0 aliphatic rings. The average Bonchev–Trinajstić information content (AvgIpc) is 2.14. The molecule has 0 saturated carbocycles. The van der Waals surface area contributed by atoms with Crippen LogP contribution in [0.3, 0.4) is 0 Å². The molecule has 0 saturated heterocycles. The van der Waals surface area contributed by atoms with Crippen molar-refractivity contribution in [2.75, 3.05) is 11.9 Å². The van der Waals surface area contributed by atoms with E-state index in [1.165, 1.54) is 16.8 Å². The van der Waals surface area contributed by atoms with Crippen molar-refractivity contribution < 1.29 is 0 Å². The number of nitrogens with one attached hydrogen (secondary N) is 1. The molecule has 0 atom stereocenters. The highest BCUT2D eigenvalue weighted by Gasteiger charge is 2.11. The van der Waals surface area contributed by atoms with E-state index in [4.69, 9.17) is 0 Å². The summed E-state index contributed by atoms with van der Waals surface area (Å²) < 4.78 is 0. The van der Waals surface area contributed by atoms with Crippen LogP contribution >= 0.6 is 0 Å². The summed E-state index contributed by atoms with van der Waals surface area (Å²) >= 11 is 0. The number of rotatable bonds is 3. The molecule has 0 aliphatic heterocycles. The maximum Gasteiger partial charge on any atom is 0.0402 e. The highest BCUT2D eigenvalue weighted by atomic mass is 14.9. The lowest BCUT2D eigenvalue weighted by atomic mass is 9.96. The average molecular weight is 205 g/mol. The Balaban J connectivity index is 2.83. The van der Waals surface area contributed by atoms with Gasteiger partial charge in [0.05, 0.1) is 0 Å². The molecule has 0 bridgehead atoms. The molecule has 1 rings (SSSR count). The molecule has 15 heavy (non-hydrogen) atoms. The van der Waals surface area contributed by atoms with Crippen LogP contribution in [0.4, 0.5) is 5.69 Å². The van der Waals surface area contributed by atoms with E-state index in [1.54, 1.807) is 0 Å². The minimum absolute atomic E-state index is 0.327. The fourth-order valence-electron chi connectivity index (χ4n) is 1.63. The first-order valence-electron chi connectivity index (χ1n) is 5.76. The fourth-order valence-corrected chi connectivity index (χ4v) is 1.63. The Labute approximate surface area is 93.9 Å². The molecule has 0 aliphatic carbocycles. The Bertz CT molecular complexity index is 321. The van der Waals surface area contributed by atoms with Gasteiger partial charge >= 0.3 is 0 Å². The lowest BCUT2D eigenvalue weighted by Crippen LogP contribution is -2.20. The standard InChI is InChI=1S/C14H23N/c1-6-12-9-7-8-11(2)13(12)15-10-14(3,4)5/h7-9,15H,6,10H2,1-5H3. The minimum atomic E-state index is 0.327. The van der Waals surface area contributed by atoms with Crippen LogP contribution in [0.5, 0.6) is 0 Å². The third-order valence-electron chi connectivity index (χ3n) is 2.54. The molecule has 0 radical (unpaired) electrons. The minimum Gasteiger partial charge on any atom is -0.384 e. The summed E-state index contributed by atoms with van der Waals surface area (Å²) in [7, 11) is 0. The lowest BCUT2D eigenvalue weighted by Gasteiger charge is -2.22. The normalized spacial score (nSPS) is 11.5. The van der Waals surface area contributed by atoms with Crippen LogP contribution in [0.25, 0.3) is 0 Å². The van der Waals surface area contributed by atoms with Crippen molar-refractivity contribution in [2.24, 2.45) is 5.41 Å². The van der Waals surface area contributed by atoms with Crippen molar-refractivity contribution in [1.82, 2.24) is 0 Å². The second-order valence-corrected chi connectivity index (χ2v) is 5.38. The topological polar surface area (TPSA) is 12.0 Å². The predicted octanol–water partition coefficient (Wildman–Crippen LogP) is 4.02.